The average Bonchev–Trinajstić information content (AvgIpc) is 2.83. The van der Waals surface area contributed by atoms with Crippen LogP contribution in [0, 0.1) is 0 Å². The predicted molar refractivity (Wildman–Crippen MR) is 74.3 cm³/mol. The number of H-pyrrole nitrogens is 1. The van der Waals surface area contributed by atoms with Gasteiger partial charge in [0.25, 0.3) is 0 Å². The highest BCUT2D eigenvalue weighted by molar-refractivity contribution is 5.88. The van der Waals surface area contributed by atoms with Gasteiger partial charge in [-0.2, -0.15) is 0 Å². The van der Waals surface area contributed by atoms with Gasteiger partial charge in [-0.3, -0.25) is 4.98 Å². The second-order valence-electron chi connectivity index (χ2n) is 4.35. The summed E-state index contributed by atoms with van der Waals surface area (Å²) >= 11 is 0. The molecule has 2 aromatic heterocycles. The Morgan fingerprint density at radius 1 is 1.06 bits per heavy atom. The van der Waals surface area contributed by atoms with Gasteiger partial charge in [0.2, 0.25) is 0 Å². The maximum atomic E-state index is 5.64. The third-order valence-electron chi connectivity index (χ3n) is 3.19. The van der Waals surface area contributed by atoms with Gasteiger partial charge >= 0.3 is 0 Å². The molecule has 0 radical (unpaired) electrons. The Morgan fingerprint density at radius 3 is 2.67 bits per heavy atom. The number of nitrogens with one attached hydrogen (secondary N) is 1. The number of aromatic amines is 1. The molecule has 3 aromatic rings. The maximum absolute atomic E-state index is 5.64. The summed E-state index contributed by atoms with van der Waals surface area (Å²) < 4.78 is 0. The molecule has 0 saturated carbocycles. The minimum atomic E-state index is 0.673. The van der Waals surface area contributed by atoms with E-state index < -0.39 is 0 Å². The lowest BCUT2D eigenvalue weighted by molar-refractivity contribution is 0.976. The monoisotopic (exact) mass is 237 g/mol. The van der Waals surface area contributed by atoms with Crippen molar-refractivity contribution in [1.82, 2.24) is 9.97 Å². The summed E-state index contributed by atoms with van der Waals surface area (Å²) in [5.41, 5.74) is 10.5. The molecular formula is C15H15N3. The van der Waals surface area contributed by atoms with Gasteiger partial charge in [-0.25, -0.2) is 0 Å². The zero-order chi connectivity index (χ0) is 12.4. The molecule has 18 heavy (non-hydrogen) atoms. The number of hydrogen-bond acceptors (Lipinski definition) is 2. The smallest absolute Gasteiger partial charge is 0.0457 e. The van der Waals surface area contributed by atoms with Crippen molar-refractivity contribution >= 4 is 10.9 Å². The topological polar surface area (TPSA) is 54.7 Å². The molecule has 0 amide bonds. The number of pyridine rings is 1. The Labute approximate surface area is 106 Å². The Kier molecular flexibility index (Phi) is 2.82. The van der Waals surface area contributed by atoms with Gasteiger partial charge in [-0.15, -0.1) is 0 Å². The minimum absolute atomic E-state index is 0.673. The molecule has 0 unspecified atom stereocenters. The van der Waals surface area contributed by atoms with E-state index in [4.69, 9.17) is 5.73 Å². The molecular weight excluding hydrogens is 222 g/mol. The molecule has 3 N–H and O–H groups in total. The lowest BCUT2D eigenvalue weighted by Crippen LogP contribution is -2.01. The van der Waals surface area contributed by atoms with Crippen LogP contribution in [-0.2, 0) is 6.42 Å². The minimum Gasteiger partial charge on any atom is -0.361 e. The first-order valence-electron chi connectivity index (χ1n) is 6.09. The van der Waals surface area contributed by atoms with E-state index >= 15 is 0 Å². The molecule has 2 heterocycles. The summed E-state index contributed by atoms with van der Waals surface area (Å²) in [5, 5.41) is 1.26. The highest BCUT2D eigenvalue weighted by atomic mass is 14.7. The summed E-state index contributed by atoms with van der Waals surface area (Å²) in [6.45, 7) is 0.673. The third-order valence-corrected chi connectivity index (χ3v) is 3.19. The maximum Gasteiger partial charge on any atom is 0.0457 e. The van der Waals surface area contributed by atoms with Crippen LogP contribution in [-0.4, -0.2) is 16.5 Å². The highest BCUT2D eigenvalue weighted by Gasteiger charge is 2.05. The van der Waals surface area contributed by atoms with Crippen LogP contribution in [0.5, 0.6) is 0 Å². The fourth-order valence-corrected chi connectivity index (χ4v) is 2.26. The van der Waals surface area contributed by atoms with Crippen molar-refractivity contribution in [3.8, 4) is 11.1 Å². The van der Waals surface area contributed by atoms with Gasteiger partial charge < -0.3 is 10.7 Å². The second kappa shape index (κ2) is 4.63. The van der Waals surface area contributed by atoms with E-state index in [1.807, 2.05) is 30.7 Å². The lowest BCUT2D eigenvalue weighted by atomic mass is 10.0. The van der Waals surface area contributed by atoms with Crippen molar-refractivity contribution in [2.24, 2.45) is 5.73 Å². The van der Waals surface area contributed by atoms with Gasteiger partial charge in [-0.05, 0) is 53.9 Å². The summed E-state index contributed by atoms with van der Waals surface area (Å²) in [6, 6.07) is 10.5. The number of aromatic nitrogens is 2. The number of rotatable bonds is 3. The molecule has 90 valence electrons. The Hall–Kier alpha value is -2.13. The normalized spacial score (nSPS) is 10.9. The van der Waals surface area contributed by atoms with Crippen molar-refractivity contribution in [3.63, 3.8) is 0 Å². The molecule has 0 atom stereocenters. The molecule has 0 aliphatic heterocycles. The van der Waals surface area contributed by atoms with Crippen molar-refractivity contribution in [2.45, 2.75) is 6.42 Å². The van der Waals surface area contributed by atoms with Crippen molar-refractivity contribution < 1.29 is 0 Å². The molecule has 0 saturated heterocycles. The van der Waals surface area contributed by atoms with E-state index in [1.165, 1.54) is 22.1 Å². The van der Waals surface area contributed by atoms with E-state index in [1.54, 1.807) is 0 Å². The van der Waals surface area contributed by atoms with Gasteiger partial charge in [0.15, 0.2) is 0 Å². The van der Waals surface area contributed by atoms with Crippen LogP contribution in [0.4, 0.5) is 0 Å². The van der Waals surface area contributed by atoms with Crippen LogP contribution < -0.4 is 5.73 Å². The molecule has 3 rings (SSSR count). The molecule has 0 aliphatic carbocycles. The van der Waals surface area contributed by atoms with Crippen LogP contribution in [0.3, 0.4) is 0 Å². The third kappa shape index (κ3) is 1.89. The van der Waals surface area contributed by atoms with Crippen LogP contribution >= 0.6 is 0 Å². The Morgan fingerprint density at radius 2 is 1.89 bits per heavy atom. The summed E-state index contributed by atoms with van der Waals surface area (Å²) in [4.78, 5) is 7.33. The zero-order valence-corrected chi connectivity index (χ0v) is 10.1. The molecule has 3 nitrogen and oxygen atoms in total. The summed E-state index contributed by atoms with van der Waals surface area (Å²) in [7, 11) is 0. The largest absolute Gasteiger partial charge is 0.361 e. The van der Waals surface area contributed by atoms with Gasteiger partial charge in [0.05, 0.1) is 0 Å². The molecule has 0 aliphatic rings. The van der Waals surface area contributed by atoms with Crippen molar-refractivity contribution in [1.29, 1.82) is 0 Å². The fraction of sp³-hybridized carbons (Fsp3) is 0.133. The second-order valence-corrected chi connectivity index (χ2v) is 4.35. The van der Waals surface area contributed by atoms with E-state index in [0.29, 0.717) is 6.54 Å². The first-order valence-corrected chi connectivity index (χ1v) is 6.09. The van der Waals surface area contributed by atoms with E-state index in [9.17, 15) is 0 Å². The molecule has 0 fully saturated rings. The number of hydrogen-bond donors (Lipinski definition) is 2. The fourth-order valence-electron chi connectivity index (χ4n) is 2.26. The number of nitrogens with zero attached hydrogens (tertiary/aromatic N) is 1. The summed E-state index contributed by atoms with van der Waals surface area (Å²) in [6.07, 6.45) is 6.59. The van der Waals surface area contributed by atoms with Gasteiger partial charge in [0, 0.05) is 29.5 Å². The predicted octanol–water partition coefficient (Wildman–Crippen LogP) is 2.73. The molecule has 0 bridgehead atoms. The standard InChI is InChI=1S/C15H15N3/c16-6-3-13-10-18-15-2-1-12(9-14(13)15)11-4-7-17-8-5-11/h1-2,4-5,7-10,18H,3,6,16H2. The number of fused-ring (bicyclic) bond motifs is 1. The first kappa shape index (κ1) is 11.0. The van der Waals surface area contributed by atoms with Gasteiger partial charge in [-0.1, -0.05) is 6.07 Å². The number of nitrogens with two attached hydrogens (primary N) is 1. The van der Waals surface area contributed by atoms with Crippen LogP contribution in [0.1, 0.15) is 5.56 Å². The lowest BCUT2D eigenvalue weighted by Gasteiger charge is -2.02. The van der Waals surface area contributed by atoms with Crippen LogP contribution in [0.25, 0.3) is 22.0 Å². The quantitative estimate of drug-likeness (QED) is 0.736. The SMILES string of the molecule is NCCc1c[nH]c2ccc(-c3ccncc3)cc12. The van der Waals surface area contributed by atoms with E-state index in [2.05, 4.69) is 28.2 Å². The Balaban J connectivity index is 2.12. The molecule has 3 heteroatoms. The number of benzene rings is 1. The first-order chi connectivity index (χ1) is 8.88. The Bertz CT molecular complexity index is 656. The van der Waals surface area contributed by atoms with E-state index in [-0.39, 0.29) is 0 Å². The van der Waals surface area contributed by atoms with Gasteiger partial charge in [0.1, 0.15) is 0 Å². The van der Waals surface area contributed by atoms with Crippen molar-refractivity contribution in [2.75, 3.05) is 6.54 Å². The molecule has 0 spiro atoms. The average molecular weight is 237 g/mol. The van der Waals surface area contributed by atoms with Crippen LogP contribution in [0.2, 0.25) is 0 Å². The highest BCUT2D eigenvalue weighted by Crippen LogP contribution is 2.26. The van der Waals surface area contributed by atoms with Crippen molar-refractivity contribution in [3.05, 3.63) is 54.5 Å². The van der Waals surface area contributed by atoms with Crippen LogP contribution in [0.15, 0.2) is 48.9 Å². The summed E-state index contributed by atoms with van der Waals surface area (Å²) in [5.74, 6) is 0. The zero-order valence-electron chi connectivity index (χ0n) is 10.1. The van der Waals surface area contributed by atoms with E-state index in [0.717, 1.165) is 11.9 Å². The molecule has 1 aromatic carbocycles.